The zero-order valence-electron chi connectivity index (χ0n) is 10.9. The van der Waals surface area contributed by atoms with Crippen molar-refractivity contribution in [3.8, 4) is 5.75 Å². The van der Waals surface area contributed by atoms with Crippen LogP contribution in [0.5, 0.6) is 5.75 Å². The zero-order chi connectivity index (χ0) is 12.4. The molecule has 1 aliphatic heterocycles. The summed E-state index contributed by atoms with van der Waals surface area (Å²) >= 11 is 3.65. The average Bonchev–Trinajstić information content (AvgIpc) is 2.43. The highest BCUT2D eigenvalue weighted by atomic mass is 79.9. The number of hydrogen-bond donors (Lipinski definition) is 0. The topological polar surface area (TPSA) is 9.23 Å². The molecule has 1 unspecified atom stereocenters. The van der Waals surface area contributed by atoms with Crippen LogP contribution in [0.25, 0.3) is 0 Å². The minimum absolute atomic E-state index is 0.0298. The van der Waals surface area contributed by atoms with E-state index in [9.17, 15) is 0 Å². The van der Waals surface area contributed by atoms with Crippen LogP contribution in [0, 0.1) is 12.8 Å². The van der Waals surface area contributed by atoms with Crippen LogP contribution >= 0.6 is 15.9 Å². The predicted molar refractivity (Wildman–Crippen MR) is 73.7 cm³/mol. The van der Waals surface area contributed by atoms with Crippen LogP contribution in [0.2, 0.25) is 0 Å². The van der Waals surface area contributed by atoms with Gasteiger partial charge < -0.3 is 4.74 Å². The van der Waals surface area contributed by atoms with Crippen molar-refractivity contribution in [1.29, 1.82) is 0 Å². The molecule has 1 aromatic rings. The Balaban J connectivity index is 2.25. The molecule has 1 nitrogen and oxygen atoms in total. The van der Waals surface area contributed by atoms with Gasteiger partial charge in [0.2, 0.25) is 0 Å². The third kappa shape index (κ3) is 1.36. The normalized spacial score (nSPS) is 38.8. The lowest BCUT2D eigenvalue weighted by Crippen LogP contribution is -2.45. The summed E-state index contributed by atoms with van der Waals surface area (Å²) in [6.45, 7) is 9.12. The van der Waals surface area contributed by atoms with E-state index in [0.717, 1.165) is 12.2 Å². The predicted octanol–water partition coefficient (Wildman–Crippen LogP) is 4.60. The number of benzene rings is 1. The minimum atomic E-state index is 0.0298. The van der Waals surface area contributed by atoms with E-state index in [1.165, 1.54) is 22.0 Å². The van der Waals surface area contributed by atoms with Crippen molar-refractivity contribution < 1.29 is 4.74 Å². The van der Waals surface area contributed by atoms with Gasteiger partial charge in [0.25, 0.3) is 0 Å². The second-order valence-corrected chi connectivity index (χ2v) is 7.01. The van der Waals surface area contributed by atoms with Gasteiger partial charge in [0, 0.05) is 21.4 Å². The summed E-state index contributed by atoms with van der Waals surface area (Å²) in [6.07, 6.45) is 2.39. The molecular formula is C15H19BrO. The molecule has 0 radical (unpaired) electrons. The molecule has 1 aliphatic carbocycles. The van der Waals surface area contributed by atoms with Crippen LogP contribution in [0.3, 0.4) is 0 Å². The van der Waals surface area contributed by atoms with Gasteiger partial charge in [-0.15, -0.1) is 0 Å². The second kappa shape index (κ2) is 3.28. The fraction of sp³-hybridized carbons (Fsp3) is 0.600. The summed E-state index contributed by atoms with van der Waals surface area (Å²) in [4.78, 5) is 0. The maximum Gasteiger partial charge on any atom is 0.124 e. The molecule has 0 spiro atoms. The molecule has 3 atom stereocenters. The largest absolute Gasteiger partial charge is 0.487 e. The van der Waals surface area contributed by atoms with Gasteiger partial charge in [-0.3, -0.25) is 0 Å². The van der Waals surface area contributed by atoms with Crippen LogP contribution in [-0.4, -0.2) is 5.60 Å². The van der Waals surface area contributed by atoms with Crippen molar-refractivity contribution in [3.05, 3.63) is 27.7 Å². The summed E-state index contributed by atoms with van der Waals surface area (Å²) in [7, 11) is 0. The first-order chi connectivity index (χ1) is 7.87. The van der Waals surface area contributed by atoms with Gasteiger partial charge in [-0.05, 0) is 44.4 Å². The summed E-state index contributed by atoms with van der Waals surface area (Å²) in [6, 6.07) is 4.46. The summed E-state index contributed by atoms with van der Waals surface area (Å²) in [5, 5.41) is 0. The Morgan fingerprint density at radius 2 is 2.00 bits per heavy atom. The van der Waals surface area contributed by atoms with Crippen molar-refractivity contribution in [3.63, 3.8) is 0 Å². The van der Waals surface area contributed by atoms with Gasteiger partial charge in [-0.2, -0.15) is 0 Å². The number of fused-ring (bicyclic) bond motifs is 4. The van der Waals surface area contributed by atoms with Gasteiger partial charge in [0.05, 0.1) is 0 Å². The molecule has 1 saturated carbocycles. The lowest BCUT2D eigenvalue weighted by molar-refractivity contribution is 0.0216. The Labute approximate surface area is 112 Å². The molecule has 0 aromatic heterocycles. The Morgan fingerprint density at radius 3 is 2.71 bits per heavy atom. The van der Waals surface area contributed by atoms with E-state index in [-0.39, 0.29) is 11.0 Å². The fourth-order valence-corrected chi connectivity index (χ4v) is 3.90. The Morgan fingerprint density at radius 1 is 1.29 bits per heavy atom. The molecule has 17 heavy (non-hydrogen) atoms. The van der Waals surface area contributed by atoms with Gasteiger partial charge in [0.1, 0.15) is 11.4 Å². The molecule has 0 saturated heterocycles. The van der Waals surface area contributed by atoms with Crippen LogP contribution in [-0.2, 0) is 5.41 Å². The molecule has 1 heterocycles. The highest BCUT2D eigenvalue weighted by Crippen LogP contribution is 2.58. The first-order valence-corrected chi connectivity index (χ1v) is 7.16. The van der Waals surface area contributed by atoms with Gasteiger partial charge in [-0.25, -0.2) is 0 Å². The van der Waals surface area contributed by atoms with Crippen molar-refractivity contribution in [2.24, 2.45) is 5.92 Å². The summed E-state index contributed by atoms with van der Waals surface area (Å²) in [5.41, 5.74) is 2.95. The van der Waals surface area contributed by atoms with E-state index in [2.05, 4.69) is 55.8 Å². The van der Waals surface area contributed by atoms with Crippen molar-refractivity contribution >= 4 is 15.9 Å². The number of ether oxygens (including phenoxy) is 1. The average molecular weight is 295 g/mol. The highest BCUT2D eigenvalue weighted by Gasteiger charge is 2.56. The number of halogens is 1. The standard InChI is InChI=1S/C15H19BrO/c1-9-7-13-11(8-12(9)16)14(3)5-6-15(4,17-13)10(14)2/h7-8,10H,5-6H2,1-4H3/t10?,14-,15+/m1/s1. The van der Waals surface area contributed by atoms with E-state index in [4.69, 9.17) is 4.74 Å². The molecule has 92 valence electrons. The van der Waals surface area contributed by atoms with Crippen LogP contribution in [0.4, 0.5) is 0 Å². The first kappa shape index (κ1) is 11.6. The van der Waals surface area contributed by atoms with Crippen LogP contribution in [0.15, 0.2) is 16.6 Å². The molecule has 3 rings (SSSR count). The Bertz CT molecular complexity index is 496. The maximum absolute atomic E-state index is 6.30. The fourth-order valence-electron chi connectivity index (χ4n) is 3.56. The zero-order valence-corrected chi connectivity index (χ0v) is 12.5. The van der Waals surface area contributed by atoms with Gasteiger partial charge in [0.15, 0.2) is 0 Å². The highest BCUT2D eigenvalue weighted by molar-refractivity contribution is 9.10. The van der Waals surface area contributed by atoms with Crippen LogP contribution in [0.1, 0.15) is 44.7 Å². The van der Waals surface area contributed by atoms with Crippen molar-refractivity contribution in [2.45, 2.75) is 51.6 Å². The number of rotatable bonds is 0. The van der Waals surface area contributed by atoms with E-state index in [1.54, 1.807) is 0 Å². The maximum atomic E-state index is 6.30. The summed E-state index contributed by atoms with van der Waals surface area (Å²) < 4.78 is 7.50. The van der Waals surface area contributed by atoms with Crippen LogP contribution < -0.4 is 4.74 Å². The molecule has 0 N–H and O–H groups in total. The quantitative estimate of drug-likeness (QED) is 0.680. The SMILES string of the molecule is Cc1cc2c(cc1Br)[C@]1(C)CC[C@](C)(O2)C1C. The second-order valence-electron chi connectivity index (χ2n) is 6.15. The van der Waals surface area contributed by atoms with E-state index < -0.39 is 0 Å². The molecule has 2 aliphatic rings. The smallest absolute Gasteiger partial charge is 0.124 e. The minimum Gasteiger partial charge on any atom is -0.487 e. The number of aryl methyl sites for hydroxylation is 1. The number of hydrogen-bond acceptors (Lipinski definition) is 1. The Hall–Kier alpha value is -0.500. The third-order valence-corrected chi connectivity index (χ3v) is 6.09. The Kier molecular flexibility index (Phi) is 2.24. The van der Waals surface area contributed by atoms with E-state index >= 15 is 0 Å². The van der Waals surface area contributed by atoms with E-state index in [0.29, 0.717) is 5.92 Å². The lowest BCUT2D eigenvalue weighted by atomic mass is 9.70. The van der Waals surface area contributed by atoms with Gasteiger partial charge in [-0.1, -0.05) is 29.8 Å². The van der Waals surface area contributed by atoms with E-state index in [1.807, 2.05) is 0 Å². The third-order valence-electron chi connectivity index (χ3n) is 5.23. The molecular weight excluding hydrogens is 276 g/mol. The van der Waals surface area contributed by atoms with Crippen molar-refractivity contribution in [2.75, 3.05) is 0 Å². The first-order valence-electron chi connectivity index (χ1n) is 6.36. The molecule has 1 fully saturated rings. The molecule has 2 heteroatoms. The summed E-state index contributed by atoms with van der Waals surface area (Å²) in [5.74, 6) is 1.68. The van der Waals surface area contributed by atoms with Gasteiger partial charge >= 0.3 is 0 Å². The molecule has 0 amide bonds. The van der Waals surface area contributed by atoms with Crippen molar-refractivity contribution in [1.82, 2.24) is 0 Å². The lowest BCUT2D eigenvalue weighted by Gasteiger charge is -2.44. The monoisotopic (exact) mass is 294 g/mol. The molecule has 1 aromatic carbocycles. The molecule has 2 bridgehead atoms.